The minimum Gasteiger partial charge on any atom is -0.497 e. The van der Waals surface area contributed by atoms with Crippen LogP contribution in [0.2, 0.25) is 0 Å². The van der Waals surface area contributed by atoms with Crippen LogP contribution in [-0.2, 0) is 23.0 Å². The molecule has 0 bridgehead atoms. The molecule has 0 heterocycles. The fraction of sp³-hybridized carbons (Fsp3) is 0.519. The first-order valence-electron chi connectivity index (χ1n) is 13.0. The van der Waals surface area contributed by atoms with Gasteiger partial charge >= 0.3 is 6.09 Å². The molecule has 0 radical (unpaired) electrons. The first-order chi connectivity index (χ1) is 18.5. The summed E-state index contributed by atoms with van der Waals surface area (Å²) in [6.07, 6.45) is -0.0902. The van der Waals surface area contributed by atoms with E-state index in [1.165, 1.54) is 4.31 Å². The van der Waals surface area contributed by atoms with Gasteiger partial charge in [-0.05, 0) is 54.7 Å². The SMILES string of the molecule is CCCN(CCC)S(=O)(=O)CCN(C(=O)O)[C@H](CNCc1cccc(OC)c1)[C@@H](N)Cc1cc(F)cc(F)c1. The largest absolute Gasteiger partial charge is 0.497 e. The van der Waals surface area contributed by atoms with Crippen molar-refractivity contribution in [1.29, 1.82) is 0 Å². The Morgan fingerprint density at radius 2 is 1.69 bits per heavy atom. The van der Waals surface area contributed by atoms with E-state index in [1.54, 1.807) is 13.2 Å². The fourth-order valence-electron chi connectivity index (χ4n) is 4.41. The van der Waals surface area contributed by atoms with Gasteiger partial charge in [-0.2, -0.15) is 0 Å². The summed E-state index contributed by atoms with van der Waals surface area (Å²) < 4.78 is 60.2. The summed E-state index contributed by atoms with van der Waals surface area (Å²) in [5, 5.41) is 13.3. The molecule has 0 aliphatic heterocycles. The van der Waals surface area contributed by atoms with Gasteiger partial charge in [0.2, 0.25) is 10.0 Å². The van der Waals surface area contributed by atoms with Gasteiger partial charge in [0.1, 0.15) is 17.4 Å². The molecule has 0 fully saturated rings. The van der Waals surface area contributed by atoms with Crippen LogP contribution in [0, 0.1) is 11.6 Å². The highest BCUT2D eigenvalue weighted by molar-refractivity contribution is 7.89. The molecular weight excluding hydrogens is 530 g/mol. The zero-order valence-electron chi connectivity index (χ0n) is 22.8. The van der Waals surface area contributed by atoms with Gasteiger partial charge in [0, 0.05) is 44.8 Å². The maximum absolute atomic E-state index is 13.8. The molecule has 0 saturated carbocycles. The Bertz CT molecular complexity index is 1140. The quantitative estimate of drug-likeness (QED) is 0.266. The molecule has 0 saturated heterocycles. The molecule has 4 N–H and O–H groups in total. The van der Waals surface area contributed by atoms with Gasteiger partial charge in [0.25, 0.3) is 0 Å². The smallest absolute Gasteiger partial charge is 0.407 e. The normalized spacial score (nSPS) is 13.3. The zero-order valence-corrected chi connectivity index (χ0v) is 23.6. The maximum Gasteiger partial charge on any atom is 0.407 e. The number of nitrogens with zero attached hydrogens (tertiary/aromatic N) is 2. The monoisotopic (exact) mass is 570 g/mol. The van der Waals surface area contributed by atoms with E-state index in [1.807, 2.05) is 32.0 Å². The number of amides is 1. The summed E-state index contributed by atoms with van der Waals surface area (Å²) in [5.74, 6) is -1.28. The highest BCUT2D eigenvalue weighted by Gasteiger charge is 2.31. The molecular formula is C27H40F2N4O5S. The van der Waals surface area contributed by atoms with Gasteiger partial charge in [-0.15, -0.1) is 0 Å². The predicted octanol–water partition coefficient (Wildman–Crippen LogP) is 3.43. The van der Waals surface area contributed by atoms with E-state index < -0.39 is 45.6 Å². The third kappa shape index (κ3) is 10.4. The first-order valence-corrected chi connectivity index (χ1v) is 14.6. The lowest BCUT2D eigenvalue weighted by Gasteiger charge is -2.34. The third-order valence-corrected chi connectivity index (χ3v) is 8.13. The minimum absolute atomic E-state index is 0.0193. The Balaban J connectivity index is 2.27. The molecule has 0 aliphatic carbocycles. The van der Waals surface area contributed by atoms with Crippen LogP contribution >= 0.6 is 0 Å². The van der Waals surface area contributed by atoms with Crippen LogP contribution in [0.25, 0.3) is 0 Å². The third-order valence-electron chi connectivity index (χ3n) is 6.28. The minimum atomic E-state index is -3.72. The second-order valence-electron chi connectivity index (χ2n) is 9.39. The van der Waals surface area contributed by atoms with Crippen molar-refractivity contribution in [3.8, 4) is 5.75 Å². The maximum atomic E-state index is 13.8. The predicted molar refractivity (Wildman–Crippen MR) is 147 cm³/mol. The number of carbonyl (C=O) groups is 1. The zero-order chi connectivity index (χ0) is 29.0. The second kappa shape index (κ2) is 15.7. The lowest BCUT2D eigenvalue weighted by Crippen LogP contribution is -2.56. The number of hydrogen-bond donors (Lipinski definition) is 3. The molecule has 0 aliphatic rings. The van der Waals surface area contributed by atoms with Crippen LogP contribution < -0.4 is 15.8 Å². The molecule has 9 nitrogen and oxygen atoms in total. The van der Waals surface area contributed by atoms with Crippen LogP contribution in [0.5, 0.6) is 5.75 Å². The number of methoxy groups -OCH3 is 1. The lowest BCUT2D eigenvalue weighted by molar-refractivity contribution is 0.118. The Morgan fingerprint density at radius 3 is 2.26 bits per heavy atom. The first kappa shape index (κ1) is 32.4. The van der Waals surface area contributed by atoms with E-state index in [9.17, 15) is 27.1 Å². The van der Waals surface area contributed by atoms with E-state index in [2.05, 4.69) is 5.32 Å². The van der Waals surface area contributed by atoms with Crippen molar-refractivity contribution in [2.75, 3.05) is 39.0 Å². The standard InChI is InChI=1S/C27H40F2N4O5S/c1-4-9-32(10-5-2)39(36,37)12-11-33(27(34)35)26(19-31-18-20-7-6-8-24(15-20)38-3)25(30)16-21-13-22(28)17-23(29)14-21/h6-8,13-15,17,25-26,31H,4-5,9-12,16,18-19,30H2,1-3H3,(H,34,35)/t25-,26+/m0/s1. The highest BCUT2D eigenvalue weighted by Crippen LogP contribution is 2.16. The molecule has 12 heteroatoms. The van der Waals surface area contributed by atoms with Crippen LogP contribution in [0.1, 0.15) is 37.8 Å². The van der Waals surface area contributed by atoms with Gasteiger partial charge in [-0.25, -0.2) is 26.3 Å². The van der Waals surface area contributed by atoms with Gasteiger partial charge in [0.05, 0.1) is 18.9 Å². The van der Waals surface area contributed by atoms with E-state index in [0.717, 1.165) is 28.7 Å². The molecule has 0 spiro atoms. The van der Waals surface area contributed by atoms with Crippen molar-refractivity contribution in [2.24, 2.45) is 5.73 Å². The van der Waals surface area contributed by atoms with Crippen molar-refractivity contribution in [3.05, 3.63) is 65.2 Å². The van der Waals surface area contributed by atoms with Crippen LogP contribution in [0.3, 0.4) is 0 Å². The van der Waals surface area contributed by atoms with Gasteiger partial charge < -0.3 is 25.8 Å². The molecule has 2 aromatic carbocycles. The molecule has 39 heavy (non-hydrogen) atoms. The fourth-order valence-corrected chi connectivity index (χ4v) is 6.02. The Kier molecular flexibility index (Phi) is 13.1. The summed E-state index contributed by atoms with van der Waals surface area (Å²) in [7, 11) is -2.17. The van der Waals surface area contributed by atoms with Crippen molar-refractivity contribution in [2.45, 2.75) is 51.7 Å². The molecule has 0 aromatic heterocycles. The molecule has 0 unspecified atom stereocenters. The van der Waals surface area contributed by atoms with E-state index in [4.69, 9.17) is 10.5 Å². The average molecular weight is 571 g/mol. The van der Waals surface area contributed by atoms with Crippen LogP contribution in [0.4, 0.5) is 13.6 Å². The number of hydrogen-bond acceptors (Lipinski definition) is 6. The van der Waals surface area contributed by atoms with E-state index in [0.29, 0.717) is 38.2 Å². The van der Waals surface area contributed by atoms with Crippen molar-refractivity contribution in [3.63, 3.8) is 0 Å². The number of rotatable bonds is 17. The van der Waals surface area contributed by atoms with E-state index in [-0.39, 0.29) is 25.1 Å². The van der Waals surface area contributed by atoms with Crippen molar-refractivity contribution >= 4 is 16.1 Å². The number of benzene rings is 2. The number of sulfonamides is 1. The summed E-state index contributed by atoms with van der Waals surface area (Å²) in [4.78, 5) is 13.4. The Labute approximate surface area is 230 Å². The number of nitrogens with one attached hydrogen (secondary N) is 1. The number of nitrogens with two attached hydrogens (primary N) is 1. The van der Waals surface area contributed by atoms with E-state index >= 15 is 0 Å². The molecule has 2 rings (SSSR count). The van der Waals surface area contributed by atoms with Crippen LogP contribution in [0.15, 0.2) is 42.5 Å². The molecule has 2 aromatic rings. The topological polar surface area (TPSA) is 125 Å². The van der Waals surface area contributed by atoms with Crippen molar-refractivity contribution in [1.82, 2.24) is 14.5 Å². The van der Waals surface area contributed by atoms with Gasteiger partial charge in [0.15, 0.2) is 0 Å². The van der Waals surface area contributed by atoms with Crippen molar-refractivity contribution < 1.29 is 31.8 Å². The number of ether oxygens (including phenoxy) is 1. The Hall–Kier alpha value is -2.80. The summed E-state index contributed by atoms with van der Waals surface area (Å²) in [6.45, 7) is 4.58. The highest BCUT2D eigenvalue weighted by atomic mass is 32.2. The van der Waals surface area contributed by atoms with Gasteiger partial charge in [-0.1, -0.05) is 26.0 Å². The number of halogens is 2. The van der Waals surface area contributed by atoms with Gasteiger partial charge in [-0.3, -0.25) is 0 Å². The lowest BCUT2D eigenvalue weighted by atomic mass is 9.98. The van der Waals surface area contributed by atoms with Crippen LogP contribution in [-0.4, -0.2) is 79.9 Å². The number of carboxylic acid groups (broad SMARTS) is 1. The summed E-state index contributed by atoms with van der Waals surface area (Å²) in [6, 6.07) is 8.59. The summed E-state index contributed by atoms with van der Waals surface area (Å²) in [5.41, 5.74) is 7.59. The second-order valence-corrected chi connectivity index (χ2v) is 11.5. The molecule has 218 valence electrons. The molecule has 2 atom stereocenters. The summed E-state index contributed by atoms with van der Waals surface area (Å²) >= 11 is 0. The average Bonchev–Trinajstić information content (AvgIpc) is 2.86. The Morgan fingerprint density at radius 1 is 1.05 bits per heavy atom. The molecule has 1 amide bonds.